The van der Waals surface area contributed by atoms with E-state index < -0.39 is 24.1 Å². The molecule has 0 aliphatic heterocycles. The molecule has 4 aromatic rings. The lowest BCUT2D eigenvalue weighted by molar-refractivity contribution is -0.0561. The molecule has 4 aromatic carbocycles. The topological polar surface area (TPSA) is 52.6 Å². The van der Waals surface area contributed by atoms with Gasteiger partial charge in [0.05, 0.1) is 23.0 Å². The van der Waals surface area contributed by atoms with E-state index in [-0.39, 0.29) is 11.8 Å². The van der Waals surface area contributed by atoms with E-state index in [1.807, 2.05) is 36.4 Å². The Kier molecular flexibility index (Phi) is 5.91. The van der Waals surface area contributed by atoms with Crippen LogP contribution in [0, 0.1) is 27.7 Å². The number of hydrogen-bond acceptors (Lipinski definition) is 4. The second-order valence-electron chi connectivity index (χ2n) is 10.5. The fourth-order valence-corrected chi connectivity index (χ4v) is 6.49. The highest BCUT2D eigenvalue weighted by Crippen LogP contribution is 2.58. The molecule has 0 saturated heterocycles. The van der Waals surface area contributed by atoms with Crippen LogP contribution in [0.3, 0.4) is 0 Å². The predicted molar refractivity (Wildman–Crippen MR) is 147 cm³/mol. The summed E-state index contributed by atoms with van der Waals surface area (Å²) in [5, 5.41) is 0. The smallest absolute Gasteiger partial charge is 0.338 e. The van der Waals surface area contributed by atoms with Crippen LogP contribution in [0.25, 0.3) is 0 Å². The van der Waals surface area contributed by atoms with Gasteiger partial charge in [0.2, 0.25) is 0 Å². The Morgan fingerprint density at radius 1 is 0.474 bits per heavy atom. The Labute approximate surface area is 223 Å². The molecule has 4 nitrogen and oxygen atoms in total. The van der Waals surface area contributed by atoms with E-state index in [4.69, 9.17) is 9.47 Å². The summed E-state index contributed by atoms with van der Waals surface area (Å²) in [5.74, 6) is -1.32. The van der Waals surface area contributed by atoms with E-state index in [0.717, 1.165) is 22.3 Å². The second-order valence-corrected chi connectivity index (χ2v) is 10.5. The van der Waals surface area contributed by atoms with E-state index in [9.17, 15) is 9.59 Å². The molecule has 0 amide bonds. The van der Waals surface area contributed by atoms with E-state index in [2.05, 4.69) is 52.0 Å². The largest absolute Gasteiger partial charge is 0.454 e. The monoisotopic (exact) mass is 502 g/mol. The highest BCUT2D eigenvalue weighted by atomic mass is 16.6. The third-order valence-electron chi connectivity index (χ3n) is 8.18. The van der Waals surface area contributed by atoms with Gasteiger partial charge >= 0.3 is 11.9 Å². The van der Waals surface area contributed by atoms with Gasteiger partial charge in [0.1, 0.15) is 0 Å². The van der Waals surface area contributed by atoms with Gasteiger partial charge in [-0.1, -0.05) is 60.7 Å². The quantitative estimate of drug-likeness (QED) is 0.283. The summed E-state index contributed by atoms with van der Waals surface area (Å²) in [4.78, 5) is 26.9. The second kappa shape index (κ2) is 9.29. The van der Waals surface area contributed by atoms with E-state index in [0.29, 0.717) is 11.1 Å². The molecule has 2 unspecified atom stereocenters. The Morgan fingerprint density at radius 3 is 1.05 bits per heavy atom. The van der Waals surface area contributed by atoms with Crippen molar-refractivity contribution in [2.24, 2.45) is 0 Å². The van der Waals surface area contributed by atoms with Gasteiger partial charge in [-0.25, -0.2) is 9.59 Å². The van der Waals surface area contributed by atoms with Crippen LogP contribution in [0.5, 0.6) is 0 Å². The first-order chi connectivity index (χ1) is 18.4. The van der Waals surface area contributed by atoms with Crippen molar-refractivity contribution in [3.05, 3.63) is 141 Å². The lowest BCUT2D eigenvalue weighted by atomic mass is 9.57. The van der Waals surface area contributed by atoms with Crippen molar-refractivity contribution in [1.82, 2.24) is 0 Å². The molecule has 190 valence electrons. The normalized spacial score (nSPS) is 20.8. The molecule has 0 radical (unpaired) electrons. The number of esters is 2. The molecule has 38 heavy (non-hydrogen) atoms. The third kappa shape index (κ3) is 3.75. The Morgan fingerprint density at radius 2 is 0.763 bits per heavy atom. The van der Waals surface area contributed by atoms with Crippen molar-refractivity contribution in [3.8, 4) is 0 Å². The van der Waals surface area contributed by atoms with E-state index in [1.54, 1.807) is 24.3 Å². The van der Waals surface area contributed by atoms with Crippen molar-refractivity contribution in [1.29, 1.82) is 0 Å². The minimum atomic E-state index is -0.665. The van der Waals surface area contributed by atoms with Crippen LogP contribution in [-0.2, 0) is 9.47 Å². The summed E-state index contributed by atoms with van der Waals surface area (Å²) in [6.07, 6.45) is -1.33. The molecule has 7 rings (SSSR count). The van der Waals surface area contributed by atoms with Crippen molar-refractivity contribution < 1.29 is 19.1 Å². The summed E-state index contributed by atoms with van der Waals surface area (Å²) in [6.45, 7) is 8.46. The molecule has 0 aromatic heterocycles. The maximum atomic E-state index is 13.5. The summed E-state index contributed by atoms with van der Waals surface area (Å²) < 4.78 is 12.7. The van der Waals surface area contributed by atoms with Crippen LogP contribution in [0.1, 0.15) is 77.1 Å². The van der Waals surface area contributed by atoms with Gasteiger partial charge in [0, 0.05) is 0 Å². The first-order valence-electron chi connectivity index (χ1n) is 13.1. The SMILES string of the molecule is Cc1ccc(C)c2c1[C@H]1c3c(C)ccc(C)c3[C@H]2C(OC(=O)c2ccccc2)C1OC(=O)c1ccccc1. The summed E-state index contributed by atoms with van der Waals surface area (Å²) in [5.41, 5.74) is 10.3. The zero-order chi connectivity index (χ0) is 26.6. The highest BCUT2D eigenvalue weighted by Gasteiger charge is 2.55. The molecule has 0 spiro atoms. The van der Waals surface area contributed by atoms with Crippen LogP contribution in [0.15, 0.2) is 84.9 Å². The van der Waals surface area contributed by atoms with Gasteiger partial charge in [0.25, 0.3) is 0 Å². The summed E-state index contributed by atoms with van der Waals surface area (Å²) >= 11 is 0. The van der Waals surface area contributed by atoms with Crippen LogP contribution >= 0.6 is 0 Å². The lowest BCUT2D eigenvalue weighted by Crippen LogP contribution is -2.52. The van der Waals surface area contributed by atoms with Crippen LogP contribution in [0.4, 0.5) is 0 Å². The maximum Gasteiger partial charge on any atom is 0.338 e. The minimum Gasteiger partial charge on any atom is -0.454 e. The van der Waals surface area contributed by atoms with Crippen LogP contribution in [0.2, 0.25) is 0 Å². The molecule has 2 atom stereocenters. The molecule has 0 saturated carbocycles. The number of carbonyl (C=O) groups excluding carboxylic acids is 2. The zero-order valence-electron chi connectivity index (χ0n) is 22.0. The fourth-order valence-electron chi connectivity index (χ4n) is 6.49. The Hall–Kier alpha value is -4.18. The van der Waals surface area contributed by atoms with Crippen molar-refractivity contribution in [3.63, 3.8) is 0 Å². The van der Waals surface area contributed by atoms with Crippen LogP contribution in [-0.4, -0.2) is 24.1 Å². The minimum absolute atomic E-state index is 0.244. The molecule has 3 aliphatic carbocycles. The molecule has 0 heterocycles. The van der Waals surface area contributed by atoms with Crippen molar-refractivity contribution in [2.75, 3.05) is 0 Å². The average molecular weight is 503 g/mol. The van der Waals surface area contributed by atoms with Crippen molar-refractivity contribution >= 4 is 11.9 Å². The number of benzene rings is 4. The van der Waals surface area contributed by atoms with E-state index in [1.165, 1.54) is 22.3 Å². The molecule has 3 aliphatic rings. The Balaban J connectivity index is 1.56. The summed E-state index contributed by atoms with van der Waals surface area (Å²) in [7, 11) is 0. The number of ether oxygens (including phenoxy) is 2. The van der Waals surface area contributed by atoms with E-state index >= 15 is 0 Å². The molecule has 0 N–H and O–H groups in total. The molecule has 0 fully saturated rings. The standard InChI is InChI=1S/C34H30O4/c1-19-15-16-20(2)26-25(19)29-27-21(3)17-18-22(4)28(27)30(26)32(38-34(36)24-13-9-6-10-14-24)31(29)37-33(35)23-11-7-5-8-12-23/h5-18,29-32H,1-4H3/t29-,30-,31?,32?. The molecular weight excluding hydrogens is 472 g/mol. The predicted octanol–water partition coefficient (Wildman–Crippen LogP) is 6.96. The van der Waals surface area contributed by atoms with Gasteiger partial charge in [-0.3, -0.25) is 0 Å². The number of aryl methyl sites for hydroxylation is 4. The van der Waals surface area contributed by atoms with Gasteiger partial charge in [-0.15, -0.1) is 0 Å². The molecular formula is C34H30O4. The maximum absolute atomic E-state index is 13.5. The highest BCUT2D eigenvalue weighted by molar-refractivity contribution is 5.91. The zero-order valence-corrected chi connectivity index (χ0v) is 22.0. The lowest BCUT2D eigenvalue weighted by Gasteiger charge is -2.51. The number of hydrogen-bond donors (Lipinski definition) is 0. The van der Waals surface area contributed by atoms with Gasteiger partial charge in [-0.05, 0) is 96.5 Å². The van der Waals surface area contributed by atoms with Gasteiger partial charge in [-0.2, -0.15) is 0 Å². The third-order valence-corrected chi connectivity index (χ3v) is 8.18. The number of rotatable bonds is 4. The first kappa shape index (κ1) is 24.2. The van der Waals surface area contributed by atoms with Crippen LogP contribution < -0.4 is 0 Å². The number of fused-ring (bicyclic) bond motifs is 1. The Bertz CT molecular complexity index is 1380. The fraction of sp³-hybridized carbons (Fsp3) is 0.235. The average Bonchev–Trinajstić information content (AvgIpc) is 2.94. The van der Waals surface area contributed by atoms with Gasteiger partial charge < -0.3 is 9.47 Å². The molecule has 4 heteroatoms. The van der Waals surface area contributed by atoms with Gasteiger partial charge in [0.15, 0.2) is 12.2 Å². The summed E-state index contributed by atoms with van der Waals surface area (Å²) in [6, 6.07) is 26.6. The molecule has 2 bridgehead atoms. The first-order valence-corrected chi connectivity index (χ1v) is 13.1. The number of carbonyl (C=O) groups is 2. The van der Waals surface area contributed by atoms with Crippen molar-refractivity contribution in [2.45, 2.75) is 51.7 Å².